The Balaban J connectivity index is 1.72. The Hall–Kier alpha value is -3.26. The number of hydrogen-bond donors (Lipinski definition) is 1. The smallest absolute Gasteiger partial charge is 0.370 e. The molecule has 1 saturated heterocycles. The maximum Gasteiger partial charge on any atom is 0.417 e. The minimum atomic E-state index is -4.53. The minimum Gasteiger partial charge on any atom is -0.370 e. The number of rotatable bonds is 4. The fourth-order valence-corrected chi connectivity index (χ4v) is 4.64. The molecule has 4 rings (SSSR count). The Morgan fingerprint density at radius 1 is 1.19 bits per heavy atom. The second kappa shape index (κ2) is 7.70. The van der Waals surface area contributed by atoms with Gasteiger partial charge in [-0.1, -0.05) is 0 Å². The predicted molar refractivity (Wildman–Crippen MR) is 107 cm³/mol. The molecule has 170 valence electrons. The SMILES string of the molecule is NS(=O)(=O)c1cc([N+](=O)[O-])ccc1N1CCC[C@@H](c2nnc3ccc(C(F)(F)F)cn23)C1. The molecule has 1 aliphatic rings. The van der Waals surface area contributed by atoms with Crippen molar-refractivity contribution < 1.29 is 26.5 Å². The highest BCUT2D eigenvalue weighted by Gasteiger charge is 2.33. The molecule has 1 aromatic carbocycles. The summed E-state index contributed by atoms with van der Waals surface area (Å²) in [5, 5.41) is 24.3. The highest BCUT2D eigenvalue weighted by Crippen LogP contribution is 2.35. The molecule has 14 heteroatoms. The van der Waals surface area contributed by atoms with Crippen LogP contribution in [0.25, 0.3) is 5.65 Å². The van der Waals surface area contributed by atoms with Crippen molar-refractivity contribution in [3.8, 4) is 0 Å². The van der Waals surface area contributed by atoms with Crippen molar-refractivity contribution in [2.75, 3.05) is 18.0 Å². The van der Waals surface area contributed by atoms with Gasteiger partial charge in [0, 0.05) is 37.3 Å². The molecule has 3 aromatic rings. The van der Waals surface area contributed by atoms with Crippen molar-refractivity contribution >= 4 is 27.0 Å². The van der Waals surface area contributed by atoms with E-state index in [1.165, 1.54) is 22.6 Å². The number of aromatic nitrogens is 3. The van der Waals surface area contributed by atoms with Crippen molar-refractivity contribution in [1.82, 2.24) is 14.6 Å². The zero-order valence-corrected chi connectivity index (χ0v) is 17.2. The molecule has 3 heterocycles. The van der Waals surface area contributed by atoms with E-state index in [-0.39, 0.29) is 23.8 Å². The fraction of sp³-hybridized carbons (Fsp3) is 0.333. The lowest BCUT2D eigenvalue weighted by molar-refractivity contribution is -0.385. The lowest BCUT2D eigenvalue weighted by Gasteiger charge is -2.34. The van der Waals surface area contributed by atoms with Crippen LogP contribution in [0.15, 0.2) is 41.4 Å². The number of nitro benzene ring substituents is 1. The second-order valence-corrected chi connectivity index (χ2v) is 8.97. The zero-order valence-electron chi connectivity index (χ0n) is 16.4. The van der Waals surface area contributed by atoms with Crippen LogP contribution in [0, 0.1) is 10.1 Å². The summed E-state index contributed by atoms with van der Waals surface area (Å²) >= 11 is 0. The van der Waals surface area contributed by atoms with Gasteiger partial charge >= 0.3 is 6.18 Å². The number of primary sulfonamides is 1. The molecule has 1 fully saturated rings. The van der Waals surface area contributed by atoms with E-state index in [0.29, 0.717) is 25.2 Å². The molecule has 0 bridgehead atoms. The lowest BCUT2D eigenvalue weighted by Crippen LogP contribution is -2.36. The number of nitrogens with two attached hydrogens (primary N) is 1. The second-order valence-electron chi connectivity index (χ2n) is 7.44. The van der Waals surface area contributed by atoms with E-state index >= 15 is 0 Å². The average molecular weight is 470 g/mol. The van der Waals surface area contributed by atoms with E-state index in [0.717, 1.165) is 18.3 Å². The van der Waals surface area contributed by atoms with Gasteiger partial charge in [-0.2, -0.15) is 13.2 Å². The van der Waals surface area contributed by atoms with Gasteiger partial charge in [0.1, 0.15) is 10.7 Å². The molecular formula is C18H17F3N6O4S. The normalized spacial score (nSPS) is 17.6. The molecule has 0 radical (unpaired) electrons. The molecule has 2 N–H and O–H groups in total. The molecule has 10 nitrogen and oxygen atoms in total. The number of nitro groups is 1. The maximum absolute atomic E-state index is 13.1. The molecule has 0 spiro atoms. The monoisotopic (exact) mass is 470 g/mol. The van der Waals surface area contributed by atoms with Crippen LogP contribution >= 0.6 is 0 Å². The topological polar surface area (TPSA) is 137 Å². The Morgan fingerprint density at radius 2 is 1.94 bits per heavy atom. The Kier molecular flexibility index (Phi) is 5.29. The summed E-state index contributed by atoms with van der Waals surface area (Å²) < 4.78 is 64.9. The van der Waals surface area contributed by atoms with E-state index in [1.807, 2.05) is 0 Å². The van der Waals surface area contributed by atoms with Crippen LogP contribution < -0.4 is 10.0 Å². The summed E-state index contributed by atoms with van der Waals surface area (Å²) in [5.41, 5.74) is -0.821. The Bertz CT molecular complexity index is 1310. The number of halogens is 3. The summed E-state index contributed by atoms with van der Waals surface area (Å²) in [6, 6.07) is 5.54. The van der Waals surface area contributed by atoms with E-state index in [9.17, 15) is 31.7 Å². The maximum atomic E-state index is 13.1. The summed E-state index contributed by atoms with van der Waals surface area (Å²) in [6.07, 6.45) is -2.42. The first kappa shape index (κ1) is 22.0. The van der Waals surface area contributed by atoms with E-state index < -0.39 is 37.3 Å². The molecular weight excluding hydrogens is 453 g/mol. The van der Waals surface area contributed by atoms with Crippen molar-refractivity contribution in [2.45, 2.75) is 29.8 Å². The van der Waals surface area contributed by atoms with Crippen LogP contribution in [0.3, 0.4) is 0 Å². The minimum absolute atomic E-state index is 0.188. The number of fused-ring (bicyclic) bond motifs is 1. The van der Waals surface area contributed by atoms with E-state index in [2.05, 4.69) is 10.2 Å². The summed E-state index contributed by atoms with van der Waals surface area (Å²) in [5.74, 6) is -0.0411. The van der Waals surface area contributed by atoms with Gasteiger partial charge < -0.3 is 4.90 Å². The van der Waals surface area contributed by atoms with Crippen LogP contribution in [-0.4, -0.2) is 41.0 Å². The number of hydrogen-bond acceptors (Lipinski definition) is 7. The highest BCUT2D eigenvalue weighted by atomic mass is 32.2. The van der Waals surface area contributed by atoms with Crippen molar-refractivity contribution in [1.29, 1.82) is 0 Å². The molecule has 0 unspecified atom stereocenters. The van der Waals surface area contributed by atoms with Crippen molar-refractivity contribution in [3.63, 3.8) is 0 Å². The number of nitrogens with zero attached hydrogens (tertiary/aromatic N) is 5. The molecule has 2 aromatic heterocycles. The molecule has 0 amide bonds. The van der Waals surface area contributed by atoms with Gasteiger partial charge in [-0.05, 0) is 31.0 Å². The number of benzene rings is 1. The summed E-state index contributed by atoms with van der Waals surface area (Å²) in [7, 11) is -4.27. The zero-order chi connectivity index (χ0) is 23.3. The van der Waals surface area contributed by atoms with Gasteiger partial charge in [0.05, 0.1) is 16.2 Å². The molecule has 32 heavy (non-hydrogen) atoms. The summed E-state index contributed by atoms with van der Waals surface area (Å²) in [4.78, 5) is 11.6. The van der Waals surface area contributed by atoms with Gasteiger partial charge in [-0.15, -0.1) is 10.2 Å². The number of sulfonamides is 1. The van der Waals surface area contributed by atoms with Gasteiger partial charge in [0.2, 0.25) is 10.0 Å². The number of non-ortho nitro benzene ring substituents is 1. The van der Waals surface area contributed by atoms with Crippen LogP contribution in [0.2, 0.25) is 0 Å². The number of piperidine rings is 1. The fourth-order valence-electron chi connectivity index (χ4n) is 3.87. The van der Waals surface area contributed by atoms with Crippen LogP contribution in [0.4, 0.5) is 24.5 Å². The van der Waals surface area contributed by atoms with Gasteiger partial charge in [-0.25, -0.2) is 13.6 Å². The third-order valence-electron chi connectivity index (χ3n) is 5.34. The van der Waals surface area contributed by atoms with Gasteiger partial charge in [0.15, 0.2) is 5.65 Å². The number of alkyl halides is 3. The first-order valence-corrected chi connectivity index (χ1v) is 11.0. The van der Waals surface area contributed by atoms with Crippen molar-refractivity contribution in [2.24, 2.45) is 5.14 Å². The number of anilines is 1. The molecule has 1 atom stereocenters. The van der Waals surface area contributed by atoms with Gasteiger partial charge in [-0.3, -0.25) is 14.5 Å². The Morgan fingerprint density at radius 3 is 2.59 bits per heavy atom. The molecule has 0 saturated carbocycles. The predicted octanol–water partition coefficient (Wildman–Crippen LogP) is 2.69. The quantitative estimate of drug-likeness (QED) is 0.457. The van der Waals surface area contributed by atoms with Crippen LogP contribution in [0.5, 0.6) is 0 Å². The lowest BCUT2D eigenvalue weighted by atomic mass is 9.96. The van der Waals surface area contributed by atoms with Crippen molar-refractivity contribution in [3.05, 3.63) is 58.0 Å². The highest BCUT2D eigenvalue weighted by molar-refractivity contribution is 7.89. The molecule has 1 aliphatic heterocycles. The third kappa shape index (κ3) is 4.10. The first-order chi connectivity index (χ1) is 14.9. The third-order valence-corrected chi connectivity index (χ3v) is 6.28. The van der Waals surface area contributed by atoms with Crippen LogP contribution in [0.1, 0.15) is 30.1 Å². The van der Waals surface area contributed by atoms with E-state index in [4.69, 9.17) is 5.14 Å². The standard InChI is InChI=1S/C18H17F3N6O4S/c19-18(20,21)12-3-6-16-23-24-17(26(16)10-12)11-2-1-7-25(9-11)14-5-4-13(27(28)29)8-15(14)32(22,30)31/h3-6,8,10-11H,1-2,7,9H2,(H2,22,30,31)/t11-/m1/s1. The average Bonchev–Trinajstić information content (AvgIpc) is 3.15. The Labute approximate surface area is 179 Å². The molecule has 0 aliphatic carbocycles. The van der Waals surface area contributed by atoms with Gasteiger partial charge in [0.25, 0.3) is 5.69 Å². The van der Waals surface area contributed by atoms with Crippen LogP contribution in [-0.2, 0) is 16.2 Å². The largest absolute Gasteiger partial charge is 0.417 e. The number of pyridine rings is 1. The summed E-state index contributed by atoms with van der Waals surface area (Å²) in [6.45, 7) is 0.652. The van der Waals surface area contributed by atoms with E-state index in [1.54, 1.807) is 4.90 Å². The first-order valence-electron chi connectivity index (χ1n) is 9.43.